The number of carbonyl (C=O) groups is 2. The molecule has 0 atom stereocenters. The van der Waals surface area contributed by atoms with E-state index < -0.39 is 5.97 Å². The normalized spacial score (nSPS) is 18.6. The van der Waals surface area contributed by atoms with Crippen LogP contribution in [0.1, 0.15) is 19.8 Å². The van der Waals surface area contributed by atoms with Gasteiger partial charge in [-0.3, -0.25) is 9.69 Å². The lowest BCUT2D eigenvalue weighted by Gasteiger charge is -2.42. The highest BCUT2D eigenvalue weighted by atomic mass is 16.4. The van der Waals surface area contributed by atoms with Crippen molar-refractivity contribution < 1.29 is 14.7 Å². The number of carboxylic acids is 1. The van der Waals surface area contributed by atoms with Gasteiger partial charge in [0.25, 0.3) is 0 Å². The van der Waals surface area contributed by atoms with Crippen LogP contribution in [0.5, 0.6) is 0 Å². The summed E-state index contributed by atoms with van der Waals surface area (Å²) < 4.78 is 0. The van der Waals surface area contributed by atoms with Gasteiger partial charge < -0.3 is 15.7 Å². The summed E-state index contributed by atoms with van der Waals surface area (Å²) in [5, 5.41) is 14.9. The fraction of sp³-hybridized carbons (Fsp3) is 0.333. The molecule has 3 N–H and O–H groups in total. The molecule has 0 saturated heterocycles. The second-order valence-electron chi connectivity index (χ2n) is 6.79. The van der Waals surface area contributed by atoms with Gasteiger partial charge in [0, 0.05) is 17.6 Å². The lowest BCUT2D eigenvalue weighted by molar-refractivity contribution is -0.139. The summed E-state index contributed by atoms with van der Waals surface area (Å²) in [7, 11) is 0. The Morgan fingerprint density at radius 3 is 2.41 bits per heavy atom. The predicted molar refractivity (Wildman–Crippen MR) is 106 cm³/mol. The summed E-state index contributed by atoms with van der Waals surface area (Å²) in [6.45, 7) is 2.70. The maximum atomic E-state index is 12.4. The van der Waals surface area contributed by atoms with E-state index in [4.69, 9.17) is 5.11 Å². The molecule has 0 heterocycles. The van der Waals surface area contributed by atoms with Crippen LogP contribution in [0.25, 0.3) is 11.1 Å². The van der Waals surface area contributed by atoms with Crippen molar-refractivity contribution in [2.45, 2.75) is 31.8 Å². The Morgan fingerprint density at radius 2 is 1.74 bits per heavy atom. The molecule has 0 unspecified atom stereocenters. The minimum Gasteiger partial charge on any atom is -0.480 e. The van der Waals surface area contributed by atoms with Gasteiger partial charge in [0.1, 0.15) is 0 Å². The number of carbonyl (C=O) groups excluding carboxylic acids is 1. The summed E-state index contributed by atoms with van der Waals surface area (Å²) in [5.74, 6) is -0.816. The van der Waals surface area contributed by atoms with E-state index in [1.54, 1.807) is 0 Å². The van der Waals surface area contributed by atoms with Gasteiger partial charge in [-0.05, 0) is 31.0 Å². The summed E-state index contributed by atoms with van der Waals surface area (Å²) in [6.07, 6.45) is 1.55. The van der Waals surface area contributed by atoms with E-state index in [1.807, 2.05) is 66.4 Å². The maximum absolute atomic E-state index is 12.4. The Morgan fingerprint density at radius 1 is 1.07 bits per heavy atom. The Labute approximate surface area is 159 Å². The Balaban J connectivity index is 1.55. The van der Waals surface area contributed by atoms with Crippen molar-refractivity contribution in [3.63, 3.8) is 0 Å². The average Bonchev–Trinajstić information content (AvgIpc) is 2.63. The van der Waals surface area contributed by atoms with Gasteiger partial charge in [-0.25, -0.2) is 4.79 Å². The number of carboxylic acid groups (broad SMARTS) is 1. The second kappa shape index (κ2) is 8.68. The van der Waals surface area contributed by atoms with E-state index in [0.717, 1.165) is 29.7 Å². The highest BCUT2D eigenvalue weighted by Crippen LogP contribution is 2.28. The van der Waals surface area contributed by atoms with E-state index in [-0.39, 0.29) is 24.7 Å². The van der Waals surface area contributed by atoms with Crippen LogP contribution in [0, 0.1) is 0 Å². The van der Waals surface area contributed by atoms with Crippen LogP contribution in [0.4, 0.5) is 10.5 Å². The number of para-hydroxylation sites is 1. The van der Waals surface area contributed by atoms with Crippen molar-refractivity contribution in [2.75, 3.05) is 18.4 Å². The first-order valence-electron chi connectivity index (χ1n) is 9.24. The third-order valence-corrected chi connectivity index (χ3v) is 4.97. The molecular formula is C21H25N3O3. The number of urea groups is 1. The minimum absolute atomic E-state index is 0.0462. The van der Waals surface area contributed by atoms with E-state index in [0.29, 0.717) is 6.54 Å². The van der Waals surface area contributed by atoms with Gasteiger partial charge >= 0.3 is 12.0 Å². The lowest BCUT2D eigenvalue weighted by atomic mass is 9.85. The van der Waals surface area contributed by atoms with Gasteiger partial charge in [-0.15, -0.1) is 0 Å². The molecule has 0 bridgehead atoms. The summed E-state index contributed by atoms with van der Waals surface area (Å²) in [5.41, 5.74) is 2.78. The molecule has 2 aromatic rings. The van der Waals surface area contributed by atoms with Crippen LogP contribution in [-0.2, 0) is 4.79 Å². The van der Waals surface area contributed by atoms with Crippen molar-refractivity contribution in [3.8, 4) is 11.1 Å². The molecule has 2 aromatic carbocycles. The van der Waals surface area contributed by atoms with Crippen LogP contribution in [0.2, 0.25) is 0 Å². The quantitative estimate of drug-likeness (QED) is 0.700. The Bertz CT molecular complexity index is 788. The molecule has 0 radical (unpaired) electrons. The summed E-state index contributed by atoms with van der Waals surface area (Å²) >= 11 is 0. The number of hydrogen-bond donors (Lipinski definition) is 3. The zero-order chi connectivity index (χ0) is 19.2. The molecule has 0 aromatic heterocycles. The number of aliphatic carboxylic acids is 1. The molecule has 1 fully saturated rings. The van der Waals surface area contributed by atoms with Gasteiger partial charge in [0.15, 0.2) is 0 Å². The zero-order valence-electron chi connectivity index (χ0n) is 15.4. The van der Waals surface area contributed by atoms with Crippen molar-refractivity contribution in [2.24, 2.45) is 0 Å². The monoisotopic (exact) mass is 367 g/mol. The molecule has 2 amide bonds. The molecule has 6 nitrogen and oxygen atoms in total. The molecule has 1 aliphatic rings. The standard InChI is InChI=1S/C21H25N3O3/c1-2-24(14-20(25)26)17-12-16(13-17)22-21(27)23-19-11-7-6-10-18(19)15-8-4-3-5-9-15/h3-11,16-17H,2,12-14H2,1H3,(H,25,26)(H2,22,23,27). The third kappa shape index (κ3) is 4.86. The maximum Gasteiger partial charge on any atom is 0.319 e. The number of nitrogens with one attached hydrogen (secondary N) is 2. The number of hydrogen-bond acceptors (Lipinski definition) is 3. The zero-order valence-corrected chi connectivity index (χ0v) is 15.4. The van der Waals surface area contributed by atoms with Gasteiger partial charge in [0.2, 0.25) is 0 Å². The second-order valence-corrected chi connectivity index (χ2v) is 6.79. The molecular weight excluding hydrogens is 342 g/mol. The summed E-state index contributed by atoms with van der Waals surface area (Å²) in [4.78, 5) is 25.2. The molecule has 3 rings (SSSR count). The molecule has 1 saturated carbocycles. The first kappa shape index (κ1) is 18.9. The molecule has 0 spiro atoms. The Hall–Kier alpha value is -2.86. The van der Waals surface area contributed by atoms with Crippen LogP contribution in [-0.4, -0.2) is 47.2 Å². The van der Waals surface area contributed by atoms with Gasteiger partial charge in [0.05, 0.1) is 12.2 Å². The molecule has 142 valence electrons. The van der Waals surface area contributed by atoms with Gasteiger partial charge in [-0.2, -0.15) is 0 Å². The van der Waals surface area contributed by atoms with Crippen molar-refractivity contribution in [1.29, 1.82) is 0 Å². The predicted octanol–water partition coefficient (Wildman–Crippen LogP) is 3.41. The lowest BCUT2D eigenvalue weighted by Crippen LogP contribution is -2.55. The fourth-order valence-electron chi connectivity index (χ4n) is 3.48. The van der Waals surface area contributed by atoms with Gasteiger partial charge in [-0.1, -0.05) is 55.5 Å². The van der Waals surface area contributed by atoms with E-state index >= 15 is 0 Å². The topological polar surface area (TPSA) is 81.7 Å². The highest BCUT2D eigenvalue weighted by molar-refractivity contribution is 5.94. The average molecular weight is 367 g/mol. The van der Waals surface area contributed by atoms with E-state index in [9.17, 15) is 9.59 Å². The van der Waals surface area contributed by atoms with Crippen molar-refractivity contribution in [1.82, 2.24) is 10.2 Å². The molecule has 0 aliphatic heterocycles. The highest BCUT2D eigenvalue weighted by Gasteiger charge is 2.34. The number of benzene rings is 2. The number of nitrogens with zero attached hydrogens (tertiary/aromatic N) is 1. The first-order valence-corrected chi connectivity index (χ1v) is 9.24. The van der Waals surface area contributed by atoms with E-state index in [1.165, 1.54) is 0 Å². The van der Waals surface area contributed by atoms with Crippen LogP contribution < -0.4 is 10.6 Å². The van der Waals surface area contributed by atoms with Crippen LogP contribution in [0.15, 0.2) is 54.6 Å². The van der Waals surface area contributed by atoms with Crippen LogP contribution >= 0.6 is 0 Å². The third-order valence-electron chi connectivity index (χ3n) is 4.97. The number of anilines is 1. The number of likely N-dealkylation sites (N-methyl/N-ethyl adjacent to an activating group) is 1. The minimum atomic E-state index is -0.816. The SMILES string of the molecule is CCN(CC(=O)O)C1CC(NC(=O)Nc2ccccc2-c2ccccc2)C1. The number of amides is 2. The molecule has 27 heavy (non-hydrogen) atoms. The van der Waals surface area contributed by atoms with E-state index in [2.05, 4.69) is 10.6 Å². The fourth-order valence-corrected chi connectivity index (χ4v) is 3.48. The molecule has 1 aliphatic carbocycles. The first-order chi connectivity index (χ1) is 13.1. The smallest absolute Gasteiger partial charge is 0.319 e. The largest absolute Gasteiger partial charge is 0.480 e. The van der Waals surface area contributed by atoms with Crippen molar-refractivity contribution in [3.05, 3.63) is 54.6 Å². The Kier molecular flexibility index (Phi) is 6.08. The number of rotatable bonds is 7. The summed E-state index contributed by atoms with van der Waals surface area (Å²) in [6, 6.07) is 17.7. The van der Waals surface area contributed by atoms with Crippen LogP contribution in [0.3, 0.4) is 0 Å². The van der Waals surface area contributed by atoms with Crippen molar-refractivity contribution >= 4 is 17.7 Å². The molecule has 6 heteroatoms.